The Labute approximate surface area is 271 Å². The molecule has 0 radical (unpaired) electrons. The van der Waals surface area contributed by atoms with E-state index in [0.717, 1.165) is 51.0 Å². The molecule has 2 aromatic rings. The van der Waals surface area contributed by atoms with Crippen molar-refractivity contribution in [3.8, 4) is 22.6 Å². The average molecular weight is 703 g/mol. The SMILES string of the molecule is CCO[Si](CCCCCCCCCCCOc1c(F)c(F)c(-c2c(F)c(F)c(OCC3CO3)c(F)c2F)c(F)c1F)(OCC)OCC. The highest BCUT2D eigenvalue weighted by atomic mass is 28.4. The zero-order valence-corrected chi connectivity index (χ0v) is 27.9. The fraction of sp³-hybridized carbons (Fsp3) is 0.625. The van der Waals surface area contributed by atoms with Crippen molar-refractivity contribution in [2.24, 2.45) is 0 Å². The standard InChI is InChI=1S/C32H42F8O6Si/c1-4-44-47(45-5-2,46-6-3)17-15-13-11-9-7-8-10-12-14-16-41-31-27(37)23(33)21(24(34)28(31)38)22-25(35)29(39)32(30(40)26(22)36)43-19-20-18-42-20/h20H,4-19H2,1-3H3. The molecule has 1 aliphatic rings. The molecular weight excluding hydrogens is 660 g/mol. The predicted octanol–water partition coefficient (Wildman–Crippen LogP) is 9.18. The maximum Gasteiger partial charge on any atom is 0.500 e. The number of rotatable bonds is 23. The van der Waals surface area contributed by atoms with Crippen molar-refractivity contribution in [2.75, 3.05) is 39.6 Å². The monoisotopic (exact) mass is 702 g/mol. The molecule has 0 saturated carbocycles. The van der Waals surface area contributed by atoms with Crippen molar-refractivity contribution in [1.82, 2.24) is 0 Å². The Hall–Kier alpha value is -2.46. The molecule has 0 spiro atoms. The fourth-order valence-corrected chi connectivity index (χ4v) is 7.80. The third-order valence-corrected chi connectivity index (χ3v) is 10.6. The minimum Gasteiger partial charge on any atom is -0.487 e. The molecule has 1 fully saturated rings. The van der Waals surface area contributed by atoms with E-state index in [2.05, 4.69) is 4.74 Å². The Morgan fingerprint density at radius 1 is 0.532 bits per heavy atom. The van der Waals surface area contributed by atoms with E-state index in [0.29, 0.717) is 32.7 Å². The number of epoxide rings is 1. The van der Waals surface area contributed by atoms with Gasteiger partial charge in [-0.05, 0) is 33.6 Å². The van der Waals surface area contributed by atoms with Crippen LogP contribution in [0.15, 0.2) is 0 Å². The van der Waals surface area contributed by atoms with Crippen LogP contribution in [-0.4, -0.2) is 54.5 Å². The van der Waals surface area contributed by atoms with E-state index in [-0.39, 0.29) is 13.2 Å². The summed E-state index contributed by atoms with van der Waals surface area (Å²) in [4.78, 5) is 0. The van der Waals surface area contributed by atoms with Crippen molar-refractivity contribution >= 4 is 8.80 Å². The second-order valence-corrected chi connectivity index (χ2v) is 13.7. The van der Waals surface area contributed by atoms with Crippen LogP contribution in [0.3, 0.4) is 0 Å². The van der Waals surface area contributed by atoms with Crippen LogP contribution >= 0.6 is 0 Å². The Morgan fingerprint density at radius 2 is 0.894 bits per heavy atom. The second-order valence-electron chi connectivity index (χ2n) is 10.9. The zero-order valence-electron chi connectivity index (χ0n) is 26.9. The van der Waals surface area contributed by atoms with Crippen molar-refractivity contribution in [3.63, 3.8) is 0 Å². The molecule has 1 heterocycles. The van der Waals surface area contributed by atoms with Gasteiger partial charge in [-0.1, -0.05) is 44.9 Å². The van der Waals surface area contributed by atoms with Crippen LogP contribution in [0.25, 0.3) is 11.1 Å². The summed E-state index contributed by atoms with van der Waals surface area (Å²) in [5, 5.41) is 0. The summed E-state index contributed by atoms with van der Waals surface area (Å²) in [6, 6.07) is 0.768. The first-order valence-electron chi connectivity index (χ1n) is 16.0. The van der Waals surface area contributed by atoms with Gasteiger partial charge in [0.2, 0.25) is 23.3 Å². The first kappa shape index (κ1) is 39.0. The van der Waals surface area contributed by atoms with E-state index >= 15 is 0 Å². The Kier molecular flexibility index (Phi) is 15.7. The minimum absolute atomic E-state index is 0.195. The molecule has 0 amide bonds. The first-order valence-corrected chi connectivity index (χ1v) is 18.0. The minimum atomic E-state index is -2.63. The van der Waals surface area contributed by atoms with Gasteiger partial charge in [0, 0.05) is 25.9 Å². The molecule has 1 unspecified atom stereocenters. The van der Waals surface area contributed by atoms with Crippen molar-refractivity contribution in [1.29, 1.82) is 0 Å². The molecule has 266 valence electrons. The molecule has 15 heteroatoms. The second kappa shape index (κ2) is 18.9. The molecule has 1 saturated heterocycles. The topological polar surface area (TPSA) is 58.7 Å². The van der Waals surface area contributed by atoms with Crippen LogP contribution in [0.4, 0.5) is 35.1 Å². The summed E-state index contributed by atoms with van der Waals surface area (Å²) in [7, 11) is -2.63. The smallest absolute Gasteiger partial charge is 0.487 e. The van der Waals surface area contributed by atoms with Crippen LogP contribution < -0.4 is 9.47 Å². The van der Waals surface area contributed by atoms with Crippen LogP contribution in [0, 0.1) is 46.5 Å². The lowest BCUT2D eigenvalue weighted by Crippen LogP contribution is -2.45. The molecule has 3 rings (SSSR count). The Bertz CT molecular complexity index is 1240. The highest BCUT2D eigenvalue weighted by Crippen LogP contribution is 2.42. The summed E-state index contributed by atoms with van der Waals surface area (Å²) < 4.78 is 150. The Morgan fingerprint density at radius 3 is 1.28 bits per heavy atom. The maximum absolute atomic E-state index is 14.9. The highest BCUT2D eigenvalue weighted by molar-refractivity contribution is 6.60. The fourth-order valence-electron chi connectivity index (χ4n) is 5.11. The van der Waals surface area contributed by atoms with E-state index in [1.54, 1.807) is 0 Å². The number of hydrogen-bond donors (Lipinski definition) is 0. The third-order valence-electron chi connectivity index (χ3n) is 7.48. The van der Waals surface area contributed by atoms with Gasteiger partial charge in [-0.2, -0.15) is 17.6 Å². The lowest BCUT2D eigenvalue weighted by atomic mass is 10.0. The van der Waals surface area contributed by atoms with E-state index in [1.807, 2.05) is 20.8 Å². The maximum atomic E-state index is 14.9. The van der Waals surface area contributed by atoms with Crippen LogP contribution in [0.2, 0.25) is 6.04 Å². The molecule has 0 aromatic heterocycles. The highest BCUT2D eigenvalue weighted by Gasteiger charge is 2.39. The van der Waals surface area contributed by atoms with Crippen LogP contribution in [-0.2, 0) is 18.0 Å². The lowest BCUT2D eigenvalue weighted by Gasteiger charge is -2.28. The average Bonchev–Trinajstić information content (AvgIpc) is 3.87. The molecule has 2 aromatic carbocycles. The van der Waals surface area contributed by atoms with Gasteiger partial charge >= 0.3 is 8.80 Å². The van der Waals surface area contributed by atoms with Gasteiger partial charge in [0.25, 0.3) is 0 Å². The normalized spacial score (nSPS) is 14.6. The van der Waals surface area contributed by atoms with Gasteiger partial charge in [0.1, 0.15) is 12.7 Å². The van der Waals surface area contributed by atoms with Crippen LogP contribution in [0.5, 0.6) is 11.5 Å². The molecule has 47 heavy (non-hydrogen) atoms. The van der Waals surface area contributed by atoms with E-state index in [1.165, 1.54) is 0 Å². The molecule has 6 nitrogen and oxygen atoms in total. The largest absolute Gasteiger partial charge is 0.500 e. The summed E-state index contributed by atoms with van der Waals surface area (Å²) in [6.45, 7) is 6.82. The third kappa shape index (κ3) is 10.3. The number of benzene rings is 2. The van der Waals surface area contributed by atoms with Gasteiger partial charge in [-0.15, -0.1) is 0 Å². The number of halogens is 8. The summed E-state index contributed by atoms with van der Waals surface area (Å²) in [5.74, 6) is -20.6. The molecule has 0 bridgehead atoms. The van der Waals surface area contributed by atoms with Crippen molar-refractivity contribution in [3.05, 3.63) is 46.5 Å². The first-order chi connectivity index (χ1) is 22.5. The number of hydrogen-bond acceptors (Lipinski definition) is 6. The number of ether oxygens (including phenoxy) is 3. The summed E-state index contributed by atoms with van der Waals surface area (Å²) >= 11 is 0. The zero-order chi connectivity index (χ0) is 34.6. The molecule has 1 aliphatic heterocycles. The van der Waals surface area contributed by atoms with Gasteiger partial charge in [0.05, 0.1) is 24.3 Å². The predicted molar refractivity (Wildman–Crippen MR) is 159 cm³/mol. The van der Waals surface area contributed by atoms with E-state index in [9.17, 15) is 35.1 Å². The quantitative estimate of drug-likeness (QED) is 0.0379. The van der Waals surface area contributed by atoms with E-state index in [4.69, 9.17) is 22.8 Å². The summed E-state index contributed by atoms with van der Waals surface area (Å²) in [5.41, 5.74) is -3.93. The van der Waals surface area contributed by atoms with Gasteiger partial charge in [0.15, 0.2) is 34.8 Å². The van der Waals surface area contributed by atoms with Crippen molar-refractivity contribution in [2.45, 2.75) is 90.7 Å². The molecular formula is C32H42F8O6Si. The summed E-state index contributed by atoms with van der Waals surface area (Å²) in [6.07, 6.45) is 7.02. The molecule has 0 N–H and O–H groups in total. The van der Waals surface area contributed by atoms with Crippen LogP contribution in [0.1, 0.15) is 78.6 Å². The molecule has 0 aliphatic carbocycles. The van der Waals surface area contributed by atoms with Crippen molar-refractivity contribution < 1.29 is 62.6 Å². The molecule has 1 atom stereocenters. The number of unbranched alkanes of at least 4 members (excludes halogenated alkanes) is 8. The lowest BCUT2D eigenvalue weighted by molar-refractivity contribution is 0.0706. The van der Waals surface area contributed by atoms with E-state index < -0.39 is 90.7 Å². The van der Waals surface area contributed by atoms with Gasteiger partial charge in [-0.25, -0.2) is 17.6 Å². The van der Waals surface area contributed by atoms with Gasteiger partial charge in [-0.3, -0.25) is 0 Å². The Balaban J connectivity index is 1.46. The van der Waals surface area contributed by atoms with Gasteiger partial charge < -0.3 is 27.5 Å².